The van der Waals surface area contributed by atoms with Crippen LogP contribution in [0.15, 0.2) is 23.8 Å². The third-order valence-corrected chi connectivity index (χ3v) is 1.82. The van der Waals surface area contributed by atoms with Gasteiger partial charge in [-0.1, -0.05) is 18.2 Å². The average molecular weight is 154 g/mol. The van der Waals surface area contributed by atoms with E-state index in [-0.39, 0.29) is 0 Å². The molecule has 0 radical (unpaired) electrons. The molecule has 0 aromatic heterocycles. The molecule has 2 nitrogen and oxygen atoms in total. The first kappa shape index (κ1) is 8.50. The van der Waals surface area contributed by atoms with Crippen LogP contribution in [-0.4, -0.2) is 21.9 Å². The highest BCUT2D eigenvalue weighted by Crippen LogP contribution is 2.22. The molecule has 0 unspecified atom stereocenters. The second kappa shape index (κ2) is 2.80. The molecule has 62 valence electrons. The Balaban J connectivity index is 2.62. The highest BCUT2D eigenvalue weighted by molar-refractivity contribution is 5.27. The predicted molar refractivity (Wildman–Crippen MR) is 44.1 cm³/mol. The van der Waals surface area contributed by atoms with E-state index in [9.17, 15) is 10.2 Å². The van der Waals surface area contributed by atoms with Crippen molar-refractivity contribution in [3.8, 4) is 0 Å². The lowest BCUT2D eigenvalue weighted by Gasteiger charge is -2.25. The lowest BCUT2D eigenvalue weighted by molar-refractivity contribution is -0.0289. The van der Waals surface area contributed by atoms with Gasteiger partial charge in [-0.3, -0.25) is 0 Å². The second-order valence-corrected chi connectivity index (χ2v) is 3.43. The Kier molecular flexibility index (Phi) is 2.16. The number of aliphatic hydroxyl groups is 2. The van der Waals surface area contributed by atoms with Crippen molar-refractivity contribution in [3.05, 3.63) is 23.8 Å². The topological polar surface area (TPSA) is 40.5 Å². The molecule has 1 atom stereocenters. The lowest BCUT2D eigenvalue weighted by atomic mass is 9.94. The predicted octanol–water partition coefficient (Wildman–Crippen LogP) is 1.00. The van der Waals surface area contributed by atoms with Gasteiger partial charge in [0.05, 0.1) is 5.60 Å². The van der Waals surface area contributed by atoms with E-state index in [1.165, 1.54) is 0 Å². The summed E-state index contributed by atoms with van der Waals surface area (Å²) in [7, 11) is 0. The van der Waals surface area contributed by atoms with Crippen LogP contribution in [0, 0.1) is 0 Å². The van der Waals surface area contributed by atoms with Crippen LogP contribution < -0.4 is 0 Å². The minimum atomic E-state index is -1.03. The third-order valence-electron chi connectivity index (χ3n) is 1.82. The summed E-state index contributed by atoms with van der Waals surface area (Å²) in [5.41, 5.74) is -0.143. The minimum Gasteiger partial charge on any atom is -0.387 e. The van der Waals surface area contributed by atoms with Gasteiger partial charge in [0.25, 0.3) is 0 Å². The summed E-state index contributed by atoms with van der Waals surface area (Å²) >= 11 is 0. The molecule has 2 heteroatoms. The molecule has 1 rings (SSSR count). The SMILES string of the molecule is CC(C)(O)[C@H](O)C1=CC=CC1. The van der Waals surface area contributed by atoms with E-state index in [1.807, 2.05) is 18.2 Å². The van der Waals surface area contributed by atoms with Crippen LogP contribution in [0.4, 0.5) is 0 Å². The molecule has 2 N–H and O–H groups in total. The number of hydrogen-bond donors (Lipinski definition) is 2. The summed E-state index contributed by atoms with van der Waals surface area (Å²) in [6.45, 7) is 3.22. The van der Waals surface area contributed by atoms with Gasteiger partial charge in [-0.25, -0.2) is 0 Å². The molecular weight excluding hydrogens is 140 g/mol. The van der Waals surface area contributed by atoms with Crippen LogP contribution in [0.3, 0.4) is 0 Å². The van der Waals surface area contributed by atoms with Gasteiger partial charge in [0.1, 0.15) is 6.10 Å². The van der Waals surface area contributed by atoms with Crippen molar-refractivity contribution in [3.63, 3.8) is 0 Å². The molecule has 0 heterocycles. The van der Waals surface area contributed by atoms with E-state index < -0.39 is 11.7 Å². The fraction of sp³-hybridized carbons (Fsp3) is 0.556. The van der Waals surface area contributed by atoms with E-state index in [0.29, 0.717) is 0 Å². The Hall–Kier alpha value is -0.600. The Morgan fingerprint density at radius 2 is 2.18 bits per heavy atom. The zero-order valence-electron chi connectivity index (χ0n) is 6.91. The number of aliphatic hydroxyl groups excluding tert-OH is 1. The van der Waals surface area contributed by atoms with E-state index in [1.54, 1.807) is 13.8 Å². The first-order chi connectivity index (χ1) is 5.02. The average Bonchev–Trinajstić information content (AvgIpc) is 2.34. The fourth-order valence-electron chi connectivity index (χ4n) is 1.12. The van der Waals surface area contributed by atoms with Crippen LogP contribution in [0.25, 0.3) is 0 Å². The van der Waals surface area contributed by atoms with Gasteiger partial charge in [0.2, 0.25) is 0 Å². The summed E-state index contributed by atoms with van der Waals surface area (Å²) < 4.78 is 0. The van der Waals surface area contributed by atoms with Gasteiger partial charge in [-0.05, 0) is 25.8 Å². The zero-order valence-corrected chi connectivity index (χ0v) is 6.91. The standard InChI is InChI=1S/C9H14O2/c1-9(2,11)8(10)7-5-3-4-6-7/h3-5,8,10-11H,6H2,1-2H3/t8-/m1/s1. The molecular formula is C9H14O2. The van der Waals surface area contributed by atoms with Crippen LogP contribution in [-0.2, 0) is 0 Å². The monoisotopic (exact) mass is 154 g/mol. The van der Waals surface area contributed by atoms with E-state index >= 15 is 0 Å². The van der Waals surface area contributed by atoms with Crippen LogP contribution in [0.1, 0.15) is 20.3 Å². The van der Waals surface area contributed by atoms with Crippen molar-refractivity contribution >= 4 is 0 Å². The molecule has 0 spiro atoms. The lowest BCUT2D eigenvalue weighted by Crippen LogP contribution is -2.36. The van der Waals surface area contributed by atoms with E-state index in [4.69, 9.17) is 0 Å². The number of hydrogen-bond acceptors (Lipinski definition) is 2. The molecule has 0 amide bonds. The van der Waals surface area contributed by atoms with Crippen LogP contribution in [0.5, 0.6) is 0 Å². The summed E-state index contributed by atoms with van der Waals surface area (Å²) in [5, 5.41) is 19.0. The molecule has 1 aliphatic rings. The van der Waals surface area contributed by atoms with Crippen molar-refractivity contribution in [2.45, 2.75) is 32.0 Å². The smallest absolute Gasteiger partial charge is 0.104 e. The molecule has 0 aromatic rings. The quantitative estimate of drug-likeness (QED) is 0.623. The Morgan fingerprint density at radius 1 is 1.55 bits per heavy atom. The Bertz CT molecular complexity index is 196. The third kappa shape index (κ3) is 1.91. The van der Waals surface area contributed by atoms with E-state index in [0.717, 1.165) is 12.0 Å². The van der Waals surface area contributed by atoms with Gasteiger partial charge in [0.15, 0.2) is 0 Å². The van der Waals surface area contributed by atoms with Gasteiger partial charge < -0.3 is 10.2 Å². The minimum absolute atomic E-state index is 0.738. The maximum atomic E-state index is 9.53. The molecule has 11 heavy (non-hydrogen) atoms. The first-order valence-corrected chi connectivity index (χ1v) is 3.78. The molecule has 0 saturated heterocycles. The van der Waals surface area contributed by atoms with Gasteiger partial charge in [0, 0.05) is 0 Å². The maximum absolute atomic E-state index is 9.53. The van der Waals surface area contributed by atoms with Crippen molar-refractivity contribution in [2.75, 3.05) is 0 Å². The summed E-state index contributed by atoms with van der Waals surface area (Å²) in [6, 6.07) is 0. The van der Waals surface area contributed by atoms with Crippen molar-refractivity contribution in [1.29, 1.82) is 0 Å². The van der Waals surface area contributed by atoms with E-state index in [2.05, 4.69) is 0 Å². The van der Waals surface area contributed by atoms with Crippen molar-refractivity contribution < 1.29 is 10.2 Å². The fourth-order valence-corrected chi connectivity index (χ4v) is 1.12. The van der Waals surface area contributed by atoms with Crippen LogP contribution in [0.2, 0.25) is 0 Å². The first-order valence-electron chi connectivity index (χ1n) is 3.78. The molecule has 0 fully saturated rings. The number of allylic oxidation sites excluding steroid dienone is 3. The Labute approximate surface area is 66.9 Å². The molecule has 0 aliphatic heterocycles. The summed E-state index contributed by atoms with van der Waals surface area (Å²) in [4.78, 5) is 0. The molecule has 0 bridgehead atoms. The van der Waals surface area contributed by atoms with Crippen molar-refractivity contribution in [2.24, 2.45) is 0 Å². The normalized spacial score (nSPS) is 20.2. The highest BCUT2D eigenvalue weighted by Gasteiger charge is 2.27. The highest BCUT2D eigenvalue weighted by atomic mass is 16.3. The summed E-state index contributed by atoms with van der Waals surface area (Å²) in [5.74, 6) is 0. The van der Waals surface area contributed by atoms with Gasteiger partial charge in [-0.15, -0.1) is 0 Å². The largest absolute Gasteiger partial charge is 0.387 e. The molecule has 0 saturated carbocycles. The van der Waals surface area contributed by atoms with Crippen LogP contribution >= 0.6 is 0 Å². The second-order valence-electron chi connectivity index (χ2n) is 3.43. The molecule has 1 aliphatic carbocycles. The maximum Gasteiger partial charge on any atom is 0.104 e. The molecule has 0 aromatic carbocycles. The Morgan fingerprint density at radius 3 is 2.55 bits per heavy atom. The van der Waals surface area contributed by atoms with Gasteiger partial charge >= 0.3 is 0 Å². The number of rotatable bonds is 2. The summed E-state index contributed by atoms with van der Waals surface area (Å²) in [6.07, 6.45) is 5.72. The zero-order chi connectivity index (χ0) is 8.48. The van der Waals surface area contributed by atoms with Gasteiger partial charge in [-0.2, -0.15) is 0 Å². The van der Waals surface area contributed by atoms with Crippen molar-refractivity contribution in [1.82, 2.24) is 0 Å².